The highest BCUT2D eigenvalue weighted by Gasteiger charge is 2.17. The van der Waals surface area contributed by atoms with Crippen LogP contribution in [0, 0.1) is 10.1 Å². The molecule has 2 heterocycles. The highest BCUT2D eigenvalue weighted by Crippen LogP contribution is 2.22. The molecule has 1 aromatic carbocycles. The molecule has 3 rings (SSSR count). The molecular weight excluding hydrogens is 292 g/mol. The summed E-state index contributed by atoms with van der Waals surface area (Å²) in [6.45, 7) is 0. The Morgan fingerprint density at radius 2 is 2.10 bits per heavy atom. The van der Waals surface area contributed by atoms with Gasteiger partial charge in [-0.15, -0.1) is 0 Å². The van der Waals surface area contributed by atoms with Gasteiger partial charge in [-0.3, -0.25) is 15.1 Å². The first-order chi connectivity index (χ1) is 10.1. The standard InChI is InChI=1S/C14H9ClN4O2/c15-14-17-8-13(19(20)21)12(18-14)7-9-3-4-11-10(6-9)2-1-5-16-11/h1-6,8H,7H2. The van der Waals surface area contributed by atoms with Crippen LogP contribution >= 0.6 is 11.6 Å². The Kier molecular flexibility index (Phi) is 3.45. The average molecular weight is 301 g/mol. The second-order valence-corrected chi connectivity index (χ2v) is 4.77. The van der Waals surface area contributed by atoms with E-state index < -0.39 is 4.92 Å². The number of benzene rings is 1. The predicted octanol–water partition coefficient (Wildman–Crippen LogP) is 3.18. The van der Waals surface area contributed by atoms with Crippen LogP contribution in [0.1, 0.15) is 11.3 Å². The highest BCUT2D eigenvalue weighted by atomic mass is 35.5. The van der Waals surface area contributed by atoms with Crippen LogP contribution in [0.15, 0.2) is 42.7 Å². The van der Waals surface area contributed by atoms with E-state index in [0.29, 0.717) is 12.1 Å². The van der Waals surface area contributed by atoms with Crippen molar-refractivity contribution in [2.24, 2.45) is 0 Å². The molecule has 7 heteroatoms. The van der Waals surface area contributed by atoms with Gasteiger partial charge in [-0.25, -0.2) is 9.97 Å². The molecule has 0 aliphatic rings. The molecule has 0 aliphatic carbocycles. The third-order valence-electron chi connectivity index (χ3n) is 3.05. The molecule has 0 radical (unpaired) electrons. The molecule has 2 aromatic heterocycles. The van der Waals surface area contributed by atoms with E-state index in [4.69, 9.17) is 11.6 Å². The monoisotopic (exact) mass is 300 g/mol. The maximum Gasteiger partial charge on any atom is 0.309 e. The van der Waals surface area contributed by atoms with Crippen LogP contribution in [0.2, 0.25) is 5.28 Å². The summed E-state index contributed by atoms with van der Waals surface area (Å²) in [6.07, 6.45) is 3.16. The number of nitro groups is 1. The lowest BCUT2D eigenvalue weighted by atomic mass is 10.1. The molecule has 0 spiro atoms. The number of hydrogen-bond donors (Lipinski definition) is 0. The number of hydrogen-bond acceptors (Lipinski definition) is 5. The molecule has 3 aromatic rings. The Morgan fingerprint density at radius 1 is 1.24 bits per heavy atom. The minimum atomic E-state index is -0.506. The van der Waals surface area contributed by atoms with E-state index >= 15 is 0 Å². The fraction of sp³-hybridized carbons (Fsp3) is 0.0714. The van der Waals surface area contributed by atoms with Crippen LogP contribution in [-0.4, -0.2) is 19.9 Å². The van der Waals surface area contributed by atoms with Crippen LogP contribution in [-0.2, 0) is 6.42 Å². The molecule has 0 saturated carbocycles. The number of rotatable bonds is 3. The van der Waals surface area contributed by atoms with Crippen molar-refractivity contribution in [2.45, 2.75) is 6.42 Å². The second-order valence-electron chi connectivity index (χ2n) is 4.44. The Hall–Kier alpha value is -2.60. The number of pyridine rings is 1. The van der Waals surface area contributed by atoms with Crippen LogP contribution in [0.3, 0.4) is 0 Å². The van der Waals surface area contributed by atoms with Gasteiger partial charge in [-0.1, -0.05) is 12.1 Å². The molecule has 0 amide bonds. The van der Waals surface area contributed by atoms with Gasteiger partial charge in [0.15, 0.2) is 0 Å². The topological polar surface area (TPSA) is 81.8 Å². The van der Waals surface area contributed by atoms with Crippen molar-refractivity contribution in [1.29, 1.82) is 0 Å². The highest BCUT2D eigenvalue weighted by molar-refractivity contribution is 6.28. The van der Waals surface area contributed by atoms with Gasteiger partial charge in [-0.2, -0.15) is 0 Å². The second kappa shape index (κ2) is 5.41. The van der Waals surface area contributed by atoms with Crippen molar-refractivity contribution in [3.05, 3.63) is 69.4 Å². The first kappa shape index (κ1) is 13.4. The van der Waals surface area contributed by atoms with Crippen LogP contribution in [0.25, 0.3) is 10.9 Å². The number of halogens is 1. The lowest BCUT2D eigenvalue weighted by Gasteiger charge is -2.04. The van der Waals surface area contributed by atoms with Crippen molar-refractivity contribution >= 4 is 28.2 Å². The maximum absolute atomic E-state index is 11.0. The van der Waals surface area contributed by atoms with E-state index in [-0.39, 0.29) is 11.0 Å². The molecule has 21 heavy (non-hydrogen) atoms. The van der Waals surface area contributed by atoms with Gasteiger partial charge in [0.05, 0.1) is 10.4 Å². The minimum absolute atomic E-state index is 0.00180. The van der Waals surface area contributed by atoms with E-state index in [2.05, 4.69) is 15.0 Å². The molecular formula is C14H9ClN4O2. The van der Waals surface area contributed by atoms with Crippen molar-refractivity contribution in [3.8, 4) is 0 Å². The van der Waals surface area contributed by atoms with Gasteiger partial charge >= 0.3 is 5.69 Å². The van der Waals surface area contributed by atoms with Crippen LogP contribution in [0.5, 0.6) is 0 Å². The molecule has 0 fully saturated rings. The van der Waals surface area contributed by atoms with E-state index in [9.17, 15) is 10.1 Å². The van der Waals surface area contributed by atoms with Crippen molar-refractivity contribution in [3.63, 3.8) is 0 Å². The summed E-state index contributed by atoms with van der Waals surface area (Å²) in [4.78, 5) is 22.4. The van der Waals surface area contributed by atoms with Gasteiger partial charge in [0.1, 0.15) is 11.9 Å². The third-order valence-corrected chi connectivity index (χ3v) is 3.23. The molecule has 0 saturated heterocycles. The Morgan fingerprint density at radius 3 is 2.90 bits per heavy atom. The maximum atomic E-state index is 11.0. The number of nitrogens with zero attached hydrogens (tertiary/aromatic N) is 4. The van der Waals surface area contributed by atoms with E-state index in [1.165, 1.54) is 0 Å². The molecule has 0 unspecified atom stereocenters. The van der Waals surface area contributed by atoms with E-state index in [1.54, 1.807) is 6.20 Å². The number of aromatic nitrogens is 3. The molecule has 0 atom stereocenters. The average Bonchev–Trinajstić information content (AvgIpc) is 2.47. The summed E-state index contributed by atoms with van der Waals surface area (Å²) in [5.41, 5.74) is 1.93. The largest absolute Gasteiger partial charge is 0.309 e. The SMILES string of the molecule is O=[N+]([O-])c1cnc(Cl)nc1Cc1ccc2ncccc2c1. The minimum Gasteiger partial charge on any atom is -0.258 e. The fourth-order valence-electron chi connectivity index (χ4n) is 2.10. The summed E-state index contributed by atoms with van der Waals surface area (Å²) in [5.74, 6) is 0. The molecule has 6 nitrogen and oxygen atoms in total. The Bertz CT molecular complexity index is 838. The first-order valence-corrected chi connectivity index (χ1v) is 6.51. The molecule has 0 aliphatic heterocycles. The number of fused-ring (bicyclic) bond motifs is 1. The van der Waals surface area contributed by atoms with E-state index in [1.807, 2.05) is 30.3 Å². The van der Waals surface area contributed by atoms with Crippen molar-refractivity contribution < 1.29 is 4.92 Å². The van der Waals surface area contributed by atoms with Crippen molar-refractivity contribution in [1.82, 2.24) is 15.0 Å². The van der Waals surface area contributed by atoms with Crippen molar-refractivity contribution in [2.75, 3.05) is 0 Å². The zero-order valence-corrected chi connectivity index (χ0v) is 11.5. The van der Waals surface area contributed by atoms with Gasteiger partial charge < -0.3 is 0 Å². The first-order valence-electron chi connectivity index (χ1n) is 6.13. The van der Waals surface area contributed by atoms with Crippen LogP contribution < -0.4 is 0 Å². The quantitative estimate of drug-likeness (QED) is 0.421. The van der Waals surface area contributed by atoms with Gasteiger partial charge in [0, 0.05) is 18.0 Å². The summed E-state index contributed by atoms with van der Waals surface area (Å²) in [5, 5.41) is 12.0. The predicted molar refractivity (Wildman–Crippen MR) is 78.2 cm³/mol. The zero-order chi connectivity index (χ0) is 14.8. The summed E-state index contributed by atoms with van der Waals surface area (Å²) < 4.78 is 0. The Balaban J connectivity index is 2.02. The van der Waals surface area contributed by atoms with Crippen LogP contribution in [0.4, 0.5) is 5.69 Å². The molecule has 0 N–H and O–H groups in total. The smallest absolute Gasteiger partial charge is 0.258 e. The summed E-state index contributed by atoms with van der Waals surface area (Å²) >= 11 is 5.73. The van der Waals surface area contributed by atoms with E-state index in [0.717, 1.165) is 22.7 Å². The summed E-state index contributed by atoms with van der Waals surface area (Å²) in [6, 6.07) is 9.46. The lowest BCUT2D eigenvalue weighted by Crippen LogP contribution is -2.01. The van der Waals surface area contributed by atoms with Gasteiger partial charge in [-0.05, 0) is 35.4 Å². The lowest BCUT2D eigenvalue weighted by molar-refractivity contribution is -0.386. The summed E-state index contributed by atoms with van der Waals surface area (Å²) in [7, 11) is 0. The Labute approximate surface area is 124 Å². The molecule has 0 bridgehead atoms. The molecule has 104 valence electrons. The normalized spacial score (nSPS) is 10.7. The zero-order valence-electron chi connectivity index (χ0n) is 10.7. The van der Waals surface area contributed by atoms with Gasteiger partial charge in [0.2, 0.25) is 5.28 Å². The fourth-order valence-corrected chi connectivity index (χ4v) is 2.25. The third kappa shape index (κ3) is 2.80. The van der Waals surface area contributed by atoms with Gasteiger partial charge in [0.25, 0.3) is 0 Å².